The van der Waals surface area contributed by atoms with Crippen LogP contribution in [-0.4, -0.2) is 12.5 Å². The SMILES string of the molecule is CC(C)(CNCc1cc(F)c(F)cc1F)C(N)=O. The second kappa shape index (κ2) is 5.39. The number of halogens is 3. The minimum Gasteiger partial charge on any atom is -0.369 e. The Hall–Kier alpha value is -1.56. The van der Waals surface area contributed by atoms with Crippen LogP contribution in [0.2, 0.25) is 0 Å². The predicted molar refractivity (Wildman–Crippen MR) is 61.0 cm³/mol. The Balaban J connectivity index is 2.65. The van der Waals surface area contributed by atoms with E-state index < -0.39 is 28.8 Å². The monoisotopic (exact) mass is 260 g/mol. The number of primary amides is 1. The average Bonchev–Trinajstić information content (AvgIpc) is 2.25. The van der Waals surface area contributed by atoms with Crippen LogP contribution in [0.1, 0.15) is 19.4 Å². The molecule has 100 valence electrons. The molecule has 0 saturated heterocycles. The molecule has 1 rings (SSSR count). The molecule has 0 aromatic heterocycles. The molecular weight excluding hydrogens is 245 g/mol. The minimum absolute atomic E-state index is 0.00540. The van der Waals surface area contributed by atoms with Gasteiger partial charge >= 0.3 is 0 Å². The summed E-state index contributed by atoms with van der Waals surface area (Å²) in [7, 11) is 0. The fraction of sp³-hybridized carbons (Fsp3) is 0.417. The van der Waals surface area contributed by atoms with Gasteiger partial charge in [-0.25, -0.2) is 13.2 Å². The van der Waals surface area contributed by atoms with Crippen molar-refractivity contribution in [2.24, 2.45) is 11.1 Å². The lowest BCUT2D eigenvalue weighted by Crippen LogP contribution is -2.40. The summed E-state index contributed by atoms with van der Waals surface area (Å²) < 4.78 is 38.9. The van der Waals surface area contributed by atoms with Crippen LogP contribution in [0.15, 0.2) is 12.1 Å². The number of benzene rings is 1. The molecule has 0 bridgehead atoms. The van der Waals surface area contributed by atoms with E-state index in [0.717, 1.165) is 6.07 Å². The average molecular weight is 260 g/mol. The molecule has 0 fully saturated rings. The zero-order valence-corrected chi connectivity index (χ0v) is 10.2. The fourth-order valence-electron chi connectivity index (χ4n) is 1.30. The summed E-state index contributed by atoms with van der Waals surface area (Å²) in [6.07, 6.45) is 0. The Kier molecular flexibility index (Phi) is 4.34. The fourth-order valence-corrected chi connectivity index (χ4v) is 1.30. The van der Waals surface area contributed by atoms with Crippen molar-refractivity contribution in [1.29, 1.82) is 0 Å². The largest absolute Gasteiger partial charge is 0.369 e. The first-order chi connectivity index (χ1) is 8.24. The Morgan fingerprint density at radius 1 is 1.22 bits per heavy atom. The molecule has 0 heterocycles. The number of carbonyl (C=O) groups is 1. The zero-order valence-electron chi connectivity index (χ0n) is 10.2. The van der Waals surface area contributed by atoms with Gasteiger partial charge < -0.3 is 11.1 Å². The molecule has 0 aliphatic heterocycles. The van der Waals surface area contributed by atoms with Gasteiger partial charge in [0.05, 0.1) is 5.41 Å². The van der Waals surface area contributed by atoms with Gasteiger partial charge in [-0.1, -0.05) is 0 Å². The van der Waals surface area contributed by atoms with Gasteiger partial charge in [0.1, 0.15) is 5.82 Å². The molecule has 0 aliphatic rings. The van der Waals surface area contributed by atoms with Gasteiger partial charge in [0.25, 0.3) is 0 Å². The molecule has 3 nitrogen and oxygen atoms in total. The Labute approximate surface area is 103 Å². The number of hydrogen-bond acceptors (Lipinski definition) is 2. The van der Waals surface area contributed by atoms with Crippen molar-refractivity contribution in [3.8, 4) is 0 Å². The highest BCUT2D eigenvalue weighted by Crippen LogP contribution is 2.15. The van der Waals surface area contributed by atoms with Crippen LogP contribution < -0.4 is 11.1 Å². The third-order valence-electron chi connectivity index (χ3n) is 2.64. The standard InChI is InChI=1S/C12H15F3N2O/c1-12(2,11(16)18)6-17-5-7-3-9(14)10(15)4-8(7)13/h3-4,17H,5-6H2,1-2H3,(H2,16,18). The molecule has 3 N–H and O–H groups in total. The maximum absolute atomic E-state index is 13.3. The molecule has 1 aromatic rings. The normalized spacial score (nSPS) is 11.6. The first-order valence-electron chi connectivity index (χ1n) is 5.38. The van der Waals surface area contributed by atoms with E-state index in [1.54, 1.807) is 13.8 Å². The second-order valence-electron chi connectivity index (χ2n) is 4.71. The molecular formula is C12H15F3N2O. The molecule has 0 aliphatic carbocycles. The molecule has 0 unspecified atom stereocenters. The zero-order chi connectivity index (χ0) is 13.9. The van der Waals surface area contributed by atoms with Crippen LogP contribution in [0.25, 0.3) is 0 Å². The summed E-state index contributed by atoms with van der Waals surface area (Å²) >= 11 is 0. The van der Waals surface area contributed by atoms with Crippen LogP contribution in [0.4, 0.5) is 13.2 Å². The van der Waals surface area contributed by atoms with Crippen LogP contribution in [0, 0.1) is 22.9 Å². The van der Waals surface area contributed by atoms with Crippen molar-refractivity contribution < 1.29 is 18.0 Å². The van der Waals surface area contributed by atoms with Crippen molar-refractivity contribution in [2.75, 3.05) is 6.54 Å². The summed E-state index contributed by atoms with van der Waals surface area (Å²) in [5.41, 5.74) is 4.36. The molecule has 0 atom stereocenters. The first kappa shape index (κ1) is 14.5. The van der Waals surface area contributed by atoms with Gasteiger partial charge in [-0.2, -0.15) is 0 Å². The second-order valence-corrected chi connectivity index (χ2v) is 4.71. The maximum Gasteiger partial charge on any atom is 0.224 e. The third-order valence-corrected chi connectivity index (χ3v) is 2.64. The van der Waals surface area contributed by atoms with E-state index in [2.05, 4.69) is 5.32 Å². The molecule has 18 heavy (non-hydrogen) atoms. The quantitative estimate of drug-likeness (QED) is 0.792. The maximum atomic E-state index is 13.3. The van der Waals surface area contributed by atoms with Gasteiger partial charge in [-0.3, -0.25) is 4.79 Å². The number of hydrogen-bond donors (Lipinski definition) is 2. The van der Waals surface area contributed by atoms with Gasteiger partial charge in [0.15, 0.2) is 11.6 Å². The number of rotatable bonds is 5. The molecule has 1 aromatic carbocycles. The van der Waals surface area contributed by atoms with Gasteiger partial charge in [-0.05, 0) is 19.9 Å². The van der Waals surface area contributed by atoms with Gasteiger partial charge in [0.2, 0.25) is 5.91 Å². The van der Waals surface area contributed by atoms with Crippen molar-refractivity contribution in [3.63, 3.8) is 0 Å². The first-order valence-corrected chi connectivity index (χ1v) is 5.38. The van der Waals surface area contributed by atoms with Crippen molar-refractivity contribution in [1.82, 2.24) is 5.32 Å². The highest BCUT2D eigenvalue weighted by molar-refractivity contribution is 5.80. The topological polar surface area (TPSA) is 55.1 Å². The molecule has 0 saturated carbocycles. The number of nitrogens with two attached hydrogens (primary N) is 1. The predicted octanol–water partition coefficient (Wildman–Crippen LogP) is 1.71. The summed E-state index contributed by atoms with van der Waals surface area (Å²) in [6.45, 7) is 3.45. The molecule has 0 radical (unpaired) electrons. The smallest absolute Gasteiger partial charge is 0.224 e. The molecule has 1 amide bonds. The van der Waals surface area contributed by atoms with Gasteiger partial charge in [-0.15, -0.1) is 0 Å². The van der Waals surface area contributed by atoms with Crippen molar-refractivity contribution in [3.05, 3.63) is 35.1 Å². The highest BCUT2D eigenvalue weighted by Gasteiger charge is 2.24. The lowest BCUT2D eigenvalue weighted by atomic mass is 9.93. The van der Waals surface area contributed by atoms with Crippen LogP contribution in [0.5, 0.6) is 0 Å². The number of carbonyl (C=O) groups excluding carboxylic acids is 1. The van der Waals surface area contributed by atoms with Crippen LogP contribution >= 0.6 is 0 Å². The lowest BCUT2D eigenvalue weighted by molar-refractivity contribution is -0.125. The van der Waals surface area contributed by atoms with Crippen molar-refractivity contribution >= 4 is 5.91 Å². The Morgan fingerprint density at radius 2 is 1.78 bits per heavy atom. The summed E-state index contributed by atoms with van der Waals surface area (Å²) in [5.74, 6) is -3.67. The van der Waals surface area contributed by atoms with E-state index in [0.29, 0.717) is 6.07 Å². The summed E-state index contributed by atoms with van der Waals surface area (Å²) in [4.78, 5) is 11.0. The number of amides is 1. The van der Waals surface area contributed by atoms with E-state index in [-0.39, 0.29) is 18.7 Å². The van der Waals surface area contributed by atoms with E-state index in [9.17, 15) is 18.0 Å². The minimum atomic E-state index is -1.23. The highest BCUT2D eigenvalue weighted by atomic mass is 19.2. The van der Waals surface area contributed by atoms with Gasteiger partial charge in [0, 0.05) is 24.7 Å². The third kappa shape index (κ3) is 3.46. The van der Waals surface area contributed by atoms with E-state index in [4.69, 9.17) is 5.73 Å². The van der Waals surface area contributed by atoms with Crippen LogP contribution in [-0.2, 0) is 11.3 Å². The summed E-state index contributed by atoms with van der Waals surface area (Å²) in [6, 6.07) is 1.28. The number of nitrogens with one attached hydrogen (secondary N) is 1. The van der Waals surface area contributed by atoms with E-state index >= 15 is 0 Å². The summed E-state index contributed by atoms with van der Waals surface area (Å²) in [5, 5.41) is 2.78. The van der Waals surface area contributed by atoms with E-state index in [1.807, 2.05) is 0 Å². The lowest BCUT2D eigenvalue weighted by Gasteiger charge is -2.20. The van der Waals surface area contributed by atoms with Crippen LogP contribution in [0.3, 0.4) is 0 Å². The Morgan fingerprint density at radius 3 is 2.33 bits per heavy atom. The Bertz CT molecular complexity index is 461. The van der Waals surface area contributed by atoms with E-state index in [1.165, 1.54) is 0 Å². The molecule has 6 heteroatoms. The molecule has 0 spiro atoms. The van der Waals surface area contributed by atoms with Crippen molar-refractivity contribution in [2.45, 2.75) is 20.4 Å².